The highest BCUT2D eigenvalue weighted by molar-refractivity contribution is 7.91. The number of halogens is 2. The smallest absolute Gasteiger partial charge is 0.258 e. The first-order valence-corrected chi connectivity index (χ1v) is 10.7. The van der Waals surface area contributed by atoms with Gasteiger partial charge in [0.25, 0.3) is 5.91 Å². The van der Waals surface area contributed by atoms with Crippen LogP contribution in [0.5, 0.6) is 0 Å². The predicted octanol–water partition coefficient (Wildman–Crippen LogP) is 3.59. The Morgan fingerprint density at radius 2 is 2.04 bits per heavy atom. The minimum atomic E-state index is -3.12. The SMILES string of the molecule is CC(C)(C)c1cc(NC(=O)c2ccc(F)cc2Cl)n(C2CCS(=O)(=O)C2)n1. The molecule has 0 radical (unpaired) electrons. The van der Waals surface area contributed by atoms with Crippen molar-refractivity contribution in [3.05, 3.63) is 46.4 Å². The number of hydrogen-bond acceptors (Lipinski definition) is 4. The molecule has 1 atom stereocenters. The standard InChI is InChI=1S/C18H21ClFN3O3S/c1-18(2,3)15-9-16(23(22-15)12-6-7-27(25,26)10-12)21-17(24)13-5-4-11(20)8-14(13)19/h4-5,8-9,12H,6-7,10H2,1-3H3,(H,21,24). The Bertz CT molecular complexity index is 996. The Kier molecular flexibility index (Phi) is 5.07. The first-order valence-electron chi connectivity index (χ1n) is 8.53. The van der Waals surface area contributed by atoms with Gasteiger partial charge in [-0.2, -0.15) is 5.10 Å². The van der Waals surface area contributed by atoms with Gasteiger partial charge < -0.3 is 5.32 Å². The Labute approximate surface area is 162 Å². The lowest BCUT2D eigenvalue weighted by atomic mass is 9.92. The van der Waals surface area contributed by atoms with Crippen LogP contribution in [-0.2, 0) is 15.3 Å². The first kappa shape index (κ1) is 19.8. The molecule has 1 aliphatic heterocycles. The number of sulfone groups is 1. The number of carbonyl (C=O) groups is 1. The lowest BCUT2D eigenvalue weighted by Gasteiger charge is -2.15. The van der Waals surface area contributed by atoms with Crippen molar-refractivity contribution in [1.29, 1.82) is 0 Å². The summed E-state index contributed by atoms with van der Waals surface area (Å²) >= 11 is 5.97. The maximum atomic E-state index is 13.2. The van der Waals surface area contributed by atoms with Gasteiger partial charge in [0.15, 0.2) is 9.84 Å². The van der Waals surface area contributed by atoms with Crippen LogP contribution in [-0.4, -0.2) is 35.6 Å². The van der Waals surface area contributed by atoms with Crippen molar-refractivity contribution >= 4 is 33.2 Å². The fourth-order valence-electron chi connectivity index (χ4n) is 2.96. The van der Waals surface area contributed by atoms with Gasteiger partial charge in [0.1, 0.15) is 11.6 Å². The third-order valence-corrected chi connectivity index (χ3v) is 6.54. The molecule has 0 bridgehead atoms. The Balaban J connectivity index is 1.96. The number of nitrogens with zero attached hydrogens (tertiary/aromatic N) is 2. The number of carbonyl (C=O) groups excluding carboxylic acids is 1. The third kappa shape index (κ3) is 4.32. The summed E-state index contributed by atoms with van der Waals surface area (Å²) in [5, 5.41) is 7.30. The molecule has 1 fully saturated rings. The highest BCUT2D eigenvalue weighted by atomic mass is 35.5. The van der Waals surface area contributed by atoms with Gasteiger partial charge >= 0.3 is 0 Å². The number of amides is 1. The van der Waals surface area contributed by atoms with Gasteiger partial charge in [0.05, 0.1) is 33.8 Å². The van der Waals surface area contributed by atoms with Crippen molar-refractivity contribution in [2.24, 2.45) is 0 Å². The fourth-order valence-corrected chi connectivity index (χ4v) is 4.90. The molecule has 2 heterocycles. The van der Waals surface area contributed by atoms with E-state index in [1.165, 1.54) is 6.07 Å². The molecule has 1 aromatic carbocycles. The summed E-state index contributed by atoms with van der Waals surface area (Å²) in [5.74, 6) is -0.569. The van der Waals surface area contributed by atoms with E-state index in [0.717, 1.165) is 17.8 Å². The maximum absolute atomic E-state index is 13.2. The van der Waals surface area contributed by atoms with E-state index in [9.17, 15) is 17.6 Å². The highest BCUT2D eigenvalue weighted by Crippen LogP contribution is 2.31. The molecule has 1 unspecified atom stereocenters. The van der Waals surface area contributed by atoms with E-state index < -0.39 is 21.6 Å². The van der Waals surface area contributed by atoms with E-state index >= 15 is 0 Å². The highest BCUT2D eigenvalue weighted by Gasteiger charge is 2.33. The van der Waals surface area contributed by atoms with Crippen molar-refractivity contribution in [2.75, 3.05) is 16.8 Å². The molecular weight excluding hydrogens is 393 g/mol. The summed E-state index contributed by atoms with van der Waals surface area (Å²) in [7, 11) is -3.12. The van der Waals surface area contributed by atoms with Gasteiger partial charge in [-0.25, -0.2) is 17.5 Å². The molecule has 1 amide bonds. The van der Waals surface area contributed by atoms with Gasteiger partial charge in [-0.15, -0.1) is 0 Å². The second kappa shape index (κ2) is 6.91. The molecule has 9 heteroatoms. The molecule has 0 aliphatic carbocycles. The Hall–Kier alpha value is -1.93. The normalized spacial score (nSPS) is 19.2. The molecular formula is C18H21ClFN3O3S. The van der Waals surface area contributed by atoms with Crippen LogP contribution >= 0.6 is 11.6 Å². The zero-order valence-electron chi connectivity index (χ0n) is 15.3. The van der Waals surface area contributed by atoms with Gasteiger partial charge in [-0.1, -0.05) is 32.4 Å². The number of nitrogens with one attached hydrogen (secondary N) is 1. The topological polar surface area (TPSA) is 81.1 Å². The van der Waals surface area contributed by atoms with E-state index in [0.29, 0.717) is 12.2 Å². The van der Waals surface area contributed by atoms with Crippen LogP contribution in [0.15, 0.2) is 24.3 Å². The summed E-state index contributed by atoms with van der Waals surface area (Å²) in [6.07, 6.45) is 0.438. The van der Waals surface area contributed by atoms with Crippen molar-refractivity contribution in [3.8, 4) is 0 Å². The Morgan fingerprint density at radius 3 is 2.59 bits per heavy atom. The van der Waals surface area contributed by atoms with Gasteiger partial charge in [0, 0.05) is 11.5 Å². The zero-order chi connectivity index (χ0) is 20.0. The van der Waals surface area contributed by atoms with Crippen molar-refractivity contribution in [1.82, 2.24) is 9.78 Å². The van der Waals surface area contributed by atoms with Crippen LogP contribution in [0.4, 0.5) is 10.2 Å². The lowest BCUT2D eigenvalue weighted by molar-refractivity contribution is 0.102. The van der Waals surface area contributed by atoms with E-state index in [-0.39, 0.29) is 33.5 Å². The third-order valence-electron chi connectivity index (χ3n) is 4.48. The minimum absolute atomic E-state index is 0.00180. The average molecular weight is 414 g/mol. The number of rotatable bonds is 3. The largest absolute Gasteiger partial charge is 0.307 e. The molecule has 1 aliphatic rings. The molecule has 0 spiro atoms. The van der Waals surface area contributed by atoms with Gasteiger partial charge in [-0.3, -0.25) is 4.79 Å². The zero-order valence-corrected chi connectivity index (χ0v) is 16.9. The van der Waals surface area contributed by atoms with E-state index in [2.05, 4.69) is 10.4 Å². The van der Waals surface area contributed by atoms with Crippen molar-refractivity contribution in [3.63, 3.8) is 0 Å². The van der Waals surface area contributed by atoms with Crippen LogP contribution < -0.4 is 5.32 Å². The fraction of sp³-hybridized carbons (Fsp3) is 0.444. The monoisotopic (exact) mass is 413 g/mol. The van der Waals surface area contributed by atoms with Crippen LogP contribution in [0, 0.1) is 5.82 Å². The average Bonchev–Trinajstić information content (AvgIpc) is 3.10. The number of benzene rings is 1. The first-order chi connectivity index (χ1) is 12.5. The second-order valence-corrected chi connectivity index (χ2v) is 10.4. The van der Waals surface area contributed by atoms with Crippen LogP contribution in [0.3, 0.4) is 0 Å². The molecule has 3 rings (SSSR count). The maximum Gasteiger partial charge on any atom is 0.258 e. The molecule has 1 N–H and O–H groups in total. The molecule has 0 saturated carbocycles. The molecule has 1 aromatic heterocycles. The van der Waals surface area contributed by atoms with E-state index in [1.54, 1.807) is 10.7 Å². The number of aromatic nitrogens is 2. The van der Waals surface area contributed by atoms with Crippen molar-refractivity contribution < 1.29 is 17.6 Å². The summed E-state index contributed by atoms with van der Waals surface area (Å²) in [4.78, 5) is 12.6. The number of anilines is 1. The van der Waals surface area contributed by atoms with Crippen LogP contribution in [0.2, 0.25) is 5.02 Å². The molecule has 27 heavy (non-hydrogen) atoms. The Morgan fingerprint density at radius 1 is 1.33 bits per heavy atom. The second-order valence-electron chi connectivity index (χ2n) is 7.74. The minimum Gasteiger partial charge on any atom is -0.307 e. The van der Waals surface area contributed by atoms with Gasteiger partial charge in [-0.05, 0) is 24.6 Å². The van der Waals surface area contributed by atoms with Crippen LogP contribution in [0.1, 0.15) is 49.3 Å². The van der Waals surface area contributed by atoms with Crippen molar-refractivity contribution in [2.45, 2.75) is 38.6 Å². The molecule has 1 saturated heterocycles. The molecule has 6 nitrogen and oxygen atoms in total. The van der Waals surface area contributed by atoms with Gasteiger partial charge in [0.2, 0.25) is 0 Å². The predicted molar refractivity (Wildman–Crippen MR) is 103 cm³/mol. The van der Waals surface area contributed by atoms with Crippen LogP contribution in [0.25, 0.3) is 0 Å². The van der Waals surface area contributed by atoms with E-state index in [1.807, 2.05) is 20.8 Å². The quantitative estimate of drug-likeness (QED) is 0.833. The summed E-state index contributed by atoms with van der Waals surface area (Å²) in [5.41, 5.74) is 0.574. The molecule has 2 aromatic rings. The number of hydrogen-bond donors (Lipinski definition) is 1. The lowest BCUT2D eigenvalue weighted by Crippen LogP contribution is -2.20. The summed E-state index contributed by atoms with van der Waals surface area (Å²) < 4.78 is 38.5. The molecule has 146 valence electrons. The summed E-state index contributed by atoms with van der Waals surface area (Å²) in [6, 6.07) is 4.92. The summed E-state index contributed by atoms with van der Waals surface area (Å²) in [6.45, 7) is 5.94. The van der Waals surface area contributed by atoms with E-state index in [4.69, 9.17) is 11.6 Å².